The Labute approximate surface area is 138 Å². The average Bonchev–Trinajstić information content (AvgIpc) is 2.48. The lowest BCUT2D eigenvalue weighted by molar-refractivity contribution is 0.0695. The van der Waals surface area contributed by atoms with E-state index in [4.69, 9.17) is 21.1 Å². The molecule has 0 saturated carbocycles. The molecule has 1 N–H and O–H groups in total. The van der Waals surface area contributed by atoms with Crippen LogP contribution in [0.2, 0.25) is 5.02 Å². The number of hydrogen-bond acceptors (Lipinski definition) is 4. The molecule has 1 aromatic carbocycles. The summed E-state index contributed by atoms with van der Waals surface area (Å²) in [6.07, 6.45) is 1.88. The molecule has 5 heteroatoms. The predicted molar refractivity (Wildman–Crippen MR) is 88.9 cm³/mol. The molecule has 1 heterocycles. The molecule has 0 aromatic heterocycles. The lowest BCUT2D eigenvalue weighted by Gasteiger charge is -2.33. The minimum absolute atomic E-state index is 0.206. The van der Waals surface area contributed by atoms with E-state index in [0.29, 0.717) is 29.0 Å². The van der Waals surface area contributed by atoms with Crippen LogP contribution in [0.1, 0.15) is 32.3 Å². The van der Waals surface area contributed by atoms with E-state index in [9.17, 15) is 5.11 Å². The van der Waals surface area contributed by atoms with Crippen molar-refractivity contribution in [3.8, 4) is 11.5 Å². The summed E-state index contributed by atoms with van der Waals surface area (Å²) in [6.45, 7) is 7.26. The van der Waals surface area contributed by atoms with Crippen molar-refractivity contribution in [1.82, 2.24) is 4.90 Å². The molecular weight excluding hydrogens is 302 g/mol. The average molecular weight is 328 g/mol. The van der Waals surface area contributed by atoms with Crippen LogP contribution in [0.3, 0.4) is 0 Å². The third-order valence-corrected chi connectivity index (χ3v) is 4.57. The number of halogens is 1. The second kappa shape index (κ2) is 8.04. The molecule has 1 fully saturated rings. The SMILES string of the molecule is CCOc1cc(CN2CCC(C(C)O)CC2)cc(Cl)c1OC. The van der Waals surface area contributed by atoms with Crippen LogP contribution in [0.5, 0.6) is 11.5 Å². The van der Waals surface area contributed by atoms with Gasteiger partial charge in [-0.2, -0.15) is 0 Å². The zero-order valence-corrected chi connectivity index (χ0v) is 14.4. The van der Waals surface area contributed by atoms with Crippen LogP contribution in [0.25, 0.3) is 0 Å². The monoisotopic (exact) mass is 327 g/mol. The molecular formula is C17H26ClNO3. The number of likely N-dealkylation sites (tertiary alicyclic amines) is 1. The standard InChI is InChI=1S/C17H26ClNO3/c1-4-22-16-10-13(9-15(18)17(16)21-3)11-19-7-5-14(6-8-19)12(2)20/h9-10,12,14,20H,4-8,11H2,1-3H3. The second-order valence-corrected chi connectivity index (χ2v) is 6.30. The highest BCUT2D eigenvalue weighted by molar-refractivity contribution is 6.32. The first kappa shape index (κ1) is 17.4. The number of rotatable bonds is 6. The Morgan fingerprint density at radius 2 is 2.05 bits per heavy atom. The highest BCUT2D eigenvalue weighted by atomic mass is 35.5. The molecule has 0 spiro atoms. The smallest absolute Gasteiger partial charge is 0.179 e. The van der Waals surface area contributed by atoms with Gasteiger partial charge < -0.3 is 14.6 Å². The molecule has 1 aromatic rings. The van der Waals surface area contributed by atoms with Crippen LogP contribution in [0, 0.1) is 5.92 Å². The van der Waals surface area contributed by atoms with Gasteiger partial charge >= 0.3 is 0 Å². The quantitative estimate of drug-likeness (QED) is 0.870. The van der Waals surface area contributed by atoms with Crippen LogP contribution >= 0.6 is 11.6 Å². The van der Waals surface area contributed by atoms with Gasteiger partial charge in [-0.3, -0.25) is 4.90 Å². The highest BCUT2D eigenvalue weighted by Gasteiger charge is 2.23. The van der Waals surface area contributed by atoms with Crippen molar-refractivity contribution in [2.75, 3.05) is 26.8 Å². The largest absolute Gasteiger partial charge is 0.491 e. The van der Waals surface area contributed by atoms with Gasteiger partial charge in [-0.15, -0.1) is 0 Å². The van der Waals surface area contributed by atoms with Crippen molar-refractivity contribution in [3.05, 3.63) is 22.7 Å². The molecule has 0 amide bonds. The summed E-state index contributed by atoms with van der Waals surface area (Å²) in [5.74, 6) is 1.72. The van der Waals surface area contributed by atoms with Gasteiger partial charge in [0.05, 0.1) is 24.8 Å². The molecule has 1 atom stereocenters. The third-order valence-electron chi connectivity index (χ3n) is 4.29. The van der Waals surface area contributed by atoms with Crippen LogP contribution in [0.4, 0.5) is 0 Å². The molecule has 4 nitrogen and oxygen atoms in total. The molecule has 0 aliphatic carbocycles. The van der Waals surface area contributed by atoms with Crippen molar-refractivity contribution in [1.29, 1.82) is 0 Å². The Morgan fingerprint density at radius 3 is 2.59 bits per heavy atom. The minimum Gasteiger partial charge on any atom is -0.491 e. The molecule has 1 saturated heterocycles. The normalized spacial score (nSPS) is 18.2. The van der Waals surface area contributed by atoms with Gasteiger partial charge in [-0.1, -0.05) is 11.6 Å². The van der Waals surface area contributed by atoms with E-state index in [1.807, 2.05) is 26.0 Å². The van der Waals surface area contributed by atoms with Gasteiger partial charge in [-0.25, -0.2) is 0 Å². The maximum absolute atomic E-state index is 9.68. The van der Waals surface area contributed by atoms with Crippen LogP contribution < -0.4 is 9.47 Å². The number of aliphatic hydroxyl groups excluding tert-OH is 1. The zero-order chi connectivity index (χ0) is 16.1. The summed E-state index contributed by atoms with van der Waals surface area (Å²) < 4.78 is 10.9. The topological polar surface area (TPSA) is 41.9 Å². The van der Waals surface area contributed by atoms with Crippen molar-refractivity contribution < 1.29 is 14.6 Å². The number of methoxy groups -OCH3 is 1. The predicted octanol–water partition coefficient (Wildman–Crippen LogP) is 3.34. The van der Waals surface area contributed by atoms with Crippen molar-refractivity contribution in [2.45, 2.75) is 39.3 Å². The van der Waals surface area contributed by atoms with E-state index in [2.05, 4.69) is 4.90 Å². The number of benzene rings is 1. The zero-order valence-electron chi connectivity index (χ0n) is 13.6. The summed E-state index contributed by atoms with van der Waals surface area (Å²) >= 11 is 6.30. The van der Waals surface area contributed by atoms with Crippen LogP contribution in [-0.4, -0.2) is 42.9 Å². The minimum atomic E-state index is -0.206. The van der Waals surface area contributed by atoms with E-state index in [1.165, 1.54) is 0 Å². The van der Waals surface area contributed by atoms with Crippen LogP contribution in [0.15, 0.2) is 12.1 Å². The van der Waals surface area contributed by atoms with E-state index in [0.717, 1.165) is 38.0 Å². The fourth-order valence-corrected chi connectivity index (χ4v) is 3.34. The molecule has 1 unspecified atom stereocenters. The number of hydrogen-bond donors (Lipinski definition) is 1. The van der Waals surface area contributed by atoms with E-state index >= 15 is 0 Å². The Balaban J connectivity index is 2.04. The Hall–Kier alpha value is -0.970. The van der Waals surface area contributed by atoms with E-state index in [1.54, 1.807) is 7.11 Å². The van der Waals surface area contributed by atoms with Crippen LogP contribution in [-0.2, 0) is 6.54 Å². The van der Waals surface area contributed by atoms with E-state index < -0.39 is 0 Å². The molecule has 0 bridgehead atoms. The molecule has 0 radical (unpaired) electrons. The van der Waals surface area contributed by atoms with Gasteiger partial charge in [0.15, 0.2) is 11.5 Å². The highest BCUT2D eigenvalue weighted by Crippen LogP contribution is 2.37. The Kier molecular flexibility index (Phi) is 6.36. The molecule has 22 heavy (non-hydrogen) atoms. The number of aliphatic hydroxyl groups is 1. The summed E-state index contributed by atoms with van der Waals surface area (Å²) in [7, 11) is 1.60. The Bertz CT molecular complexity index is 485. The second-order valence-electron chi connectivity index (χ2n) is 5.90. The first-order valence-electron chi connectivity index (χ1n) is 7.94. The molecule has 1 aliphatic heterocycles. The lowest BCUT2D eigenvalue weighted by Crippen LogP contribution is -2.36. The van der Waals surface area contributed by atoms with Crippen molar-refractivity contribution in [2.24, 2.45) is 5.92 Å². The van der Waals surface area contributed by atoms with Gasteiger partial charge in [0.2, 0.25) is 0 Å². The van der Waals surface area contributed by atoms with Crippen molar-refractivity contribution >= 4 is 11.6 Å². The van der Waals surface area contributed by atoms with Gasteiger partial charge in [0, 0.05) is 6.54 Å². The van der Waals surface area contributed by atoms with Gasteiger partial charge in [0.25, 0.3) is 0 Å². The lowest BCUT2D eigenvalue weighted by atomic mass is 9.92. The fourth-order valence-electron chi connectivity index (χ4n) is 3.03. The summed E-state index contributed by atoms with van der Waals surface area (Å²) in [5, 5.41) is 10.3. The van der Waals surface area contributed by atoms with Crippen molar-refractivity contribution in [3.63, 3.8) is 0 Å². The number of piperidine rings is 1. The first-order valence-corrected chi connectivity index (χ1v) is 8.32. The van der Waals surface area contributed by atoms with E-state index in [-0.39, 0.29) is 6.10 Å². The molecule has 2 rings (SSSR count). The number of ether oxygens (including phenoxy) is 2. The summed E-state index contributed by atoms with van der Waals surface area (Å²) in [6, 6.07) is 3.96. The van der Waals surface area contributed by atoms with Gasteiger partial charge in [-0.05, 0) is 63.4 Å². The fraction of sp³-hybridized carbons (Fsp3) is 0.647. The summed E-state index contributed by atoms with van der Waals surface area (Å²) in [5.41, 5.74) is 1.13. The summed E-state index contributed by atoms with van der Waals surface area (Å²) in [4.78, 5) is 2.40. The number of nitrogens with zero attached hydrogens (tertiary/aromatic N) is 1. The van der Waals surface area contributed by atoms with Gasteiger partial charge in [0.1, 0.15) is 0 Å². The molecule has 1 aliphatic rings. The molecule has 124 valence electrons. The maximum atomic E-state index is 9.68. The Morgan fingerprint density at radius 1 is 1.36 bits per heavy atom. The third kappa shape index (κ3) is 4.28. The maximum Gasteiger partial charge on any atom is 0.179 e. The first-order chi connectivity index (χ1) is 10.5.